The van der Waals surface area contributed by atoms with Gasteiger partial charge in [0.1, 0.15) is 0 Å². The molecule has 0 aromatic carbocycles. The molecule has 5 heteroatoms. The molecule has 0 aromatic heterocycles. The first-order valence-electron chi connectivity index (χ1n) is 0.532. The molecule has 0 aliphatic rings. The molecular formula is H2NiO3S. The fourth-order valence-corrected chi connectivity index (χ4v) is 0. The Morgan fingerprint density at radius 1 is 1.40 bits per heavy atom. The molecule has 0 aliphatic carbocycles. The first kappa shape index (κ1) is 9.12. The van der Waals surface area contributed by atoms with E-state index in [0.717, 1.165) is 0 Å². The summed E-state index contributed by atoms with van der Waals surface area (Å²) in [6.07, 6.45) is 0. The van der Waals surface area contributed by atoms with Crippen LogP contribution in [-0.4, -0.2) is 13.3 Å². The minimum absolute atomic E-state index is 0. The van der Waals surface area contributed by atoms with Gasteiger partial charge in [-0.1, -0.05) is 0 Å². The zero-order chi connectivity index (χ0) is 3.58. The third-order valence-corrected chi connectivity index (χ3v) is 0. The molecule has 36 valence electrons. The minimum atomic E-state index is -2.61. The second kappa shape index (κ2) is 4.56. The molecule has 0 unspecified atom stereocenters. The van der Waals surface area contributed by atoms with E-state index in [0.29, 0.717) is 0 Å². The Hall–Kier alpha value is 0.564. The van der Waals surface area contributed by atoms with Gasteiger partial charge in [0.25, 0.3) is 11.4 Å². The topological polar surface area (TPSA) is 57.5 Å². The number of hydrogen-bond acceptors (Lipinski definition) is 1. The summed E-state index contributed by atoms with van der Waals surface area (Å²) in [4.78, 5) is 0. The molecule has 3 nitrogen and oxygen atoms in total. The van der Waals surface area contributed by atoms with E-state index in [1.807, 2.05) is 0 Å². The second-order valence-electron chi connectivity index (χ2n) is 0.231. The molecule has 0 saturated carbocycles. The van der Waals surface area contributed by atoms with Gasteiger partial charge < -0.3 is 0 Å². The number of hydrogen-bond donors (Lipinski definition) is 2. The summed E-state index contributed by atoms with van der Waals surface area (Å²) >= 11 is -2.61. The first-order valence-corrected chi connectivity index (χ1v) is 1.60. The zero-order valence-corrected chi connectivity index (χ0v) is 3.83. The van der Waals surface area contributed by atoms with Gasteiger partial charge >= 0.3 is 0 Å². The Bertz CT molecular complexity index is 29.9. The molecule has 0 aliphatic heterocycles. The fraction of sp³-hybridized carbons (Fsp3) is 0. The smallest absolute Gasteiger partial charge is 0.284 e. The molecule has 0 fully saturated rings. The Kier molecular flexibility index (Phi) is 8.33. The average molecular weight is 141 g/mol. The first-order chi connectivity index (χ1) is 1.73. The van der Waals surface area contributed by atoms with Crippen molar-refractivity contribution in [2.45, 2.75) is 0 Å². The monoisotopic (exact) mass is 140 g/mol. The van der Waals surface area contributed by atoms with Crippen molar-refractivity contribution in [3.8, 4) is 0 Å². The standard InChI is InChI=1S/Ni.H2O3S/c;1-4(2)3/h;(H2,1,2,3). The largest absolute Gasteiger partial charge is 0.299 e. The van der Waals surface area contributed by atoms with Crippen molar-refractivity contribution in [2.24, 2.45) is 0 Å². The van der Waals surface area contributed by atoms with E-state index < -0.39 is 11.4 Å². The molecular weight excluding hydrogens is 139 g/mol. The second-order valence-corrected chi connectivity index (χ2v) is 0.692. The van der Waals surface area contributed by atoms with Crippen molar-refractivity contribution in [3.05, 3.63) is 0 Å². The van der Waals surface area contributed by atoms with Crippen molar-refractivity contribution in [2.75, 3.05) is 0 Å². The third-order valence-electron chi connectivity index (χ3n) is 0. The Balaban J connectivity index is 0. The minimum Gasteiger partial charge on any atom is -0.284 e. The van der Waals surface area contributed by atoms with Gasteiger partial charge in [-0.25, -0.2) is 0 Å². The fourth-order valence-electron chi connectivity index (χ4n) is 0. The maximum Gasteiger partial charge on any atom is 0.299 e. The summed E-state index contributed by atoms with van der Waals surface area (Å²) in [5.74, 6) is 0. The molecule has 2 N–H and O–H groups in total. The summed E-state index contributed by atoms with van der Waals surface area (Å²) in [5, 5.41) is 0. The maximum atomic E-state index is 8.67. The zero-order valence-electron chi connectivity index (χ0n) is 2.03. The van der Waals surface area contributed by atoms with Crippen LogP contribution in [0.1, 0.15) is 0 Å². The summed E-state index contributed by atoms with van der Waals surface area (Å²) in [5.41, 5.74) is 0. The van der Waals surface area contributed by atoms with Crippen molar-refractivity contribution < 1.29 is 29.8 Å². The molecule has 0 amide bonds. The van der Waals surface area contributed by atoms with Gasteiger partial charge in [-0.15, -0.1) is 0 Å². The Morgan fingerprint density at radius 3 is 1.40 bits per heavy atom. The van der Waals surface area contributed by atoms with Crippen molar-refractivity contribution in [3.63, 3.8) is 0 Å². The van der Waals surface area contributed by atoms with Gasteiger partial charge in [0.2, 0.25) is 0 Å². The van der Waals surface area contributed by atoms with Crippen LogP contribution in [0.15, 0.2) is 0 Å². The van der Waals surface area contributed by atoms with E-state index in [9.17, 15) is 0 Å². The Labute approximate surface area is 41.8 Å². The summed E-state index contributed by atoms with van der Waals surface area (Å²) < 4.78 is 22.8. The predicted octanol–water partition coefficient (Wildman–Crippen LogP) is -0.321. The van der Waals surface area contributed by atoms with Gasteiger partial charge in [0.05, 0.1) is 0 Å². The van der Waals surface area contributed by atoms with Crippen LogP contribution in [0.5, 0.6) is 0 Å². The molecule has 0 rings (SSSR count). The van der Waals surface area contributed by atoms with Gasteiger partial charge in [-0.2, -0.15) is 4.21 Å². The van der Waals surface area contributed by atoms with E-state index in [4.69, 9.17) is 13.3 Å². The van der Waals surface area contributed by atoms with Crippen LogP contribution in [-0.2, 0) is 27.9 Å². The number of rotatable bonds is 0. The van der Waals surface area contributed by atoms with Gasteiger partial charge in [-0.05, 0) is 0 Å². The van der Waals surface area contributed by atoms with Crippen molar-refractivity contribution in [1.29, 1.82) is 0 Å². The van der Waals surface area contributed by atoms with Crippen molar-refractivity contribution in [1.82, 2.24) is 0 Å². The molecule has 0 heterocycles. The molecule has 0 bridgehead atoms. The van der Waals surface area contributed by atoms with Gasteiger partial charge in [0.15, 0.2) is 0 Å². The summed E-state index contributed by atoms with van der Waals surface area (Å²) in [7, 11) is 0. The summed E-state index contributed by atoms with van der Waals surface area (Å²) in [6.45, 7) is 0. The van der Waals surface area contributed by atoms with Crippen LogP contribution >= 0.6 is 0 Å². The molecule has 0 aromatic rings. The molecule has 0 spiro atoms. The van der Waals surface area contributed by atoms with Crippen LogP contribution in [0.3, 0.4) is 0 Å². The third kappa shape index (κ3) is 94.4. The van der Waals surface area contributed by atoms with Crippen LogP contribution in [0.2, 0.25) is 0 Å². The average Bonchev–Trinajstić information content (AvgIpc) is 0.811. The van der Waals surface area contributed by atoms with E-state index in [1.54, 1.807) is 0 Å². The maximum absolute atomic E-state index is 8.67. The van der Waals surface area contributed by atoms with Crippen LogP contribution in [0.4, 0.5) is 0 Å². The van der Waals surface area contributed by atoms with E-state index in [-0.39, 0.29) is 16.5 Å². The normalized spacial score (nSPS) is 7.00. The van der Waals surface area contributed by atoms with Crippen molar-refractivity contribution >= 4 is 11.4 Å². The molecule has 0 saturated heterocycles. The molecule has 0 atom stereocenters. The molecule has 0 radical (unpaired) electrons. The van der Waals surface area contributed by atoms with Crippen LogP contribution in [0.25, 0.3) is 0 Å². The van der Waals surface area contributed by atoms with Gasteiger partial charge in [0, 0.05) is 16.5 Å². The predicted molar refractivity (Wildman–Crippen MR) is 13.4 cm³/mol. The summed E-state index contributed by atoms with van der Waals surface area (Å²) in [6, 6.07) is 0. The SMILES string of the molecule is O=S(O)O.[Ni]. The van der Waals surface area contributed by atoms with Crippen LogP contribution < -0.4 is 0 Å². The Morgan fingerprint density at radius 2 is 1.40 bits per heavy atom. The van der Waals surface area contributed by atoms with Gasteiger partial charge in [-0.3, -0.25) is 9.11 Å². The van der Waals surface area contributed by atoms with E-state index in [2.05, 4.69) is 0 Å². The van der Waals surface area contributed by atoms with E-state index >= 15 is 0 Å². The molecule has 5 heavy (non-hydrogen) atoms. The van der Waals surface area contributed by atoms with Crippen LogP contribution in [0, 0.1) is 0 Å². The van der Waals surface area contributed by atoms with E-state index in [1.165, 1.54) is 0 Å². The quantitative estimate of drug-likeness (QED) is 0.358.